The van der Waals surface area contributed by atoms with Crippen molar-refractivity contribution in [2.24, 2.45) is 0 Å². The molecule has 1 unspecified atom stereocenters. The number of carbonyl (C=O) groups is 1. The molecule has 1 aliphatic rings. The molecule has 0 radical (unpaired) electrons. The first-order valence-corrected chi connectivity index (χ1v) is 5.55. The van der Waals surface area contributed by atoms with E-state index in [2.05, 4.69) is 17.4 Å². The van der Waals surface area contributed by atoms with Crippen LogP contribution in [0, 0.1) is 11.3 Å². The van der Waals surface area contributed by atoms with Crippen molar-refractivity contribution in [1.29, 1.82) is 5.26 Å². The van der Waals surface area contributed by atoms with Crippen LogP contribution in [0.25, 0.3) is 0 Å². The van der Waals surface area contributed by atoms with Crippen LogP contribution in [-0.4, -0.2) is 5.91 Å². The molecule has 1 atom stereocenters. The molecule has 1 aromatic rings. The maximum absolute atomic E-state index is 11.4. The summed E-state index contributed by atoms with van der Waals surface area (Å²) >= 11 is 0. The lowest BCUT2D eigenvalue weighted by Gasteiger charge is -2.26. The Bertz CT molecular complexity index is 434. The molecule has 0 saturated heterocycles. The molecule has 0 fully saturated rings. The summed E-state index contributed by atoms with van der Waals surface area (Å²) in [5.74, 6) is -0.177. The van der Waals surface area contributed by atoms with Gasteiger partial charge in [0.25, 0.3) is 0 Å². The molecule has 1 N–H and O–H groups in total. The Labute approximate surface area is 95.1 Å². The number of benzene rings is 1. The van der Waals surface area contributed by atoms with Crippen molar-refractivity contribution in [1.82, 2.24) is 5.32 Å². The first kappa shape index (κ1) is 10.7. The smallest absolute Gasteiger partial charge is 0.234 e. The van der Waals surface area contributed by atoms with Crippen molar-refractivity contribution in [3.05, 3.63) is 35.4 Å². The first-order chi connectivity index (χ1) is 7.81. The number of hydrogen-bond acceptors (Lipinski definition) is 2. The van der Waals surface area contributed by atoms with Crippen LogP contribution in [0.1, 0.15) is 36.4 Å². The van der Waals surface area contributed by atoms with E-state index in [0.29, 0.717) is 0 Å². The SMILES string of the molecule is N#CCC(=O)NC1CCCc2ccccc21. The van der Waals surface area contributed by atoms with E-state index in [1.807, 2.05) is 18.2 Å². The summed E-state index contributed by atoms with van der Waals surface area (Å²) in [5, 5.41) is 11.4. The van der Waals surface area contributed by atoms with Crippen LogP contribution in [0.5, 0.6) is 0 Å². The van der Waals surface area contributed by atoms with Gasteiger partial charge in [-0.05, 0) is 30.4 Å². The fourth-order valence-electron chi connectivity index (χ4n) is 2.22. The summed E-state index contributed by atoms with van der Waals surface area (Å²) in [6.45, 7) is 0. The van der Waals surface area contributed by atoms with Crippen LogP contribution in [0.15, 0.2) is 24.3 Å². The number of aryl methyl sites for hydroxylation is 1. The van der Waals surface area contributed by atoms with E-state index < -0.39 is 0 Å². The van der Waals surface area contributed by atoms with E-state index in [1.165, 1.54) is 11.1 Å². The van der Waals surface area contributed by atoms with Crippen molar-refractivity contribution >= 4 is 5.91 Å². The second-order valence-electron chi connectivity index (χ2n) is 4.05. The van der Waals surface area contributed by atoms with Crippen LogP contribution in [-0.2, 0) is 11.2 Å². The minimum Gasteiger partial charge on any atom is -0.348 e. The fourth-order valence-corrected chi connectivity index (χ4v) is 2.22. The third kappa shape index (κ3) is 2.22. The zero-order chi connectivity index (χ0) is 11.4. The Morgan fingerprint density at radius 3 is 3.12 bits per heavy atom. The Balaban J connectivity index is 2.13. The summed E-state index contributed by atoms with van der Waals surface area (Å²) in [6.07, 6.45) is 3.09. The number of rotatable bonds is 2. The highest BCUT2D eigenvalue weighted by Crippen LogP contribution is 2.29. The molecule has 0 bridgehead atoms. The molecule has 0 spiro atoms. The van der Waals surface area contributed by atoms with Crippen LogP contribution in [0.4, 0.5) is 0 Å². The average Bonchev–Trinajstić information content (AvgIpc) is 2.30. The van der Waals surface area contributed by atoms with Gasteiger partial charge in [0, 0.05) is 0 Å². The second kappa shape index (κ2) is 4.80. The molecule has 16 heavy (non-hydrogen) atoms. The van der Waals surface area contributed by atoms with Crippen molar-refractivity contribution in [3.63, 3.8) is 0 Å². The maximum Gasteiger partial charge on any atom is 0.234 e. The molecular formula is C13H14N2O. The number of nitriles is 1. The summed E-state index contributed by atoms with van der Waals surface area (Å²) in [4.78, 5) is 11.4. The van der Waals surface area contributed by atoms with E-state index in [-0.39, 0.29) is 18.4 Å². The van der Waals surface area contributed by atoms with Gasteiger partial charge in [-0.15, -0.1) is 0 Å². The monoisotopic (exact) mass is 214 g/mol. The highest BCUT2D eigenvalue weighted by atomic mass is 16.1. The van der Waals surface area contributed by atoms with Crippen molar-refractivity contribution in [2.45, 2.75) is 31.7 Å². The van der Waals surface area contributed by atoms with Crippen LogP contribution in [0.2, 0.25) is 0 Å². The minimum absolute atomic E-state index is 0.0569. The van der Waals surface area contributed by atoms with Gasteiger partial charge in [0.15, 0.2) is 0 Å². The van der Waals surface area contributed by atoms with Gasteiger partial charge < -0.3 is 5.32 Å². The lowest BCUT2D eigenvalue weighted by atomic mass is 9.88. The first-order valence-electron chi connectivity index (χ1n) is 5.55. The molecule has 1 aromatic carbocycles. The van der Waals surface area contributed by atoms with Crippen LogP contribution >= 0.6 is 0 Å². The summed E-state index contributed by atoms with van der Waals surface area (Å²) < 4.78 is 0. The molecule has 1 amide bonds. The Morgan fingerprint density at radius 1 is 1.50 bits per heavy atom. The molecule has 0 aromatic heterocycles. The second-order valence-corrected chi connectivity index (χ2v) is 4.05. The van der Waals surface area contributed by atoms with E-state index in [1.54, 1.807) is 0 Å². The van der Waals surface area contributed by atoms with Crippen molar-refractivity contribution < 1.29 is 4.79 Å². The normalized spacial score (nSPS) is 18.3. The minimum atomic E-state index is -0.177. The van der Waals surface area contributed by atoms with Gasteiger partial charge in [-0.25, -0.2) is 0 Å². The van der Waals surface area contributed by atoms with Crippen LogP contribution < -0.4 is 5.32 Å². The van der Waals surface area contributed by atoms with Gasteiger partial charge in [0.2, 0.25) is 5.91 Å². The molecule has 3 heteroatoms. The number of nitrogens with zero attached hydrogens (tertiary/aromatic N) is 1. The van der Waals surface area contributed by atoms with Gasteiger partial charge in [-0.1, -0.05) is 24.3 Å². The number of amides is 1. The zero-order valence-electron chi connectivity index (χ0n) is 9.07. The molecule has 1 aliphatic carbocycles. The van der Waals surface area contributed by atoms with Crippen LogP contribution in [0.3, 0.4) is 0 Å². The van der Waals surface area contributed by atoms with Crippen molar-refractivity contribution in [3.8, 4) is 6.07 Å². The maximum atomic E-state index is 11.4. The van der Waals surface area contributed by atoms with E-state index in [9.17, 15) is 4.79 Å². The van der Waals surface area contributed by atoms with E-state index in [0.717, 1.165) is 19.3 Å². The Hall–Kier alpha value is -1.82. The highest BCUT2D eigenvalue weighted by Gasteiger charge is 2.20. The molecule has 0 heterocycles. The molecule has 3 nitrogen and oxygen atoms in total. The summed E-state index contributed by atoms with van der Waals surface area (Å²) in [5.41, 5.74) is 2.52. The van der Waals surface area contributed by atoms with Gasteiger partial charge in [-0.2, -0.15) is 5.26 Å². The quantitative estimate of drug-likeness (QED) is 0.819. The van der Waals surface area contributed by atoms with Gasteiger partial charge in [-0.3, -0.25) is 4.79 Å². The molecule has 2 rings (SSSR count). The number of carbonyl (C=O) groups excluding carboxylic acids is 1. The topological polar surface area (TPSA) is 52.9 Å². The highest BCUT2D eigenvalue weighted by molar-refractivity contribution is 5.78. The largest absolute Gasteiger partial charge is 0.348 e. The number of nitrogens with one attached hydrogen (secondary N) is 1. The van der Waals surface area contributed by atoms with Gasteiger partial charge in [0.1, 0.15) is 6.42 Å². The van der Waals surface area contributed by atoms with Crippen molar-refractivity contribution in [2.75, 3.05) is 0 Å². The number of hydrogen-bond donors (Lipinski definition) is 1. The van der Waals surface area contributed by atoms with E-state index in [4.69, 9.17) is 5.26 Å². The third-order valence-corrected chi connectivity index (χ3v) is 2.94. The third-order valence-electron chi connectivity index (χ3n) is 2.94. The Morgan fingerprint density at radius 2 is 2.31 bits per heavy atom. The van der Waals surface area contributed by atoms with Gasteiger partial charge in [0.05, 0.1) is 12.1 Å². The van der Waals surface area contributed by atoms with E-state index >= 15 is 0 Å². The molecule has 82 valence electrons. The number of fused-ring (bicyclic) bond motifs is 1. The summed E-state index contributed by atoms with van der Waals surface area (Å²) in [6, 6.07) is 10.1. The molecule has 0 aliphatic heterocycles. The zero-order valence-corrected chi connectivity index (χ0v) is 9.07. The summed E-state index contributed by atoms with van der Waals surface area (Å²) in [7, 11) is 0. The standard InChI is InChI=1S/C13H14N2O/c14-9-8-13(16)15-12-7-3-5-10-4-1-2-6-11(10)12/h1-2,4,6,12H,3,5,7-8H2,(H,15,16). The predicted molar refractivity (Wildman–Crippen MR) is 60.5 cm³/mol. The predicted octanol–water partition coefficient (Wildman–Crippen LogP) is 2.09. The molecule has 0 saturated carbocycles. The molecular weight excluding hydrogens is 200 g/mol. The Kier molecular flexibility index (Phi) is 3.21. The van der Waals surface area contributed by atoms with Gasteiger partial charge >= 0.3 is 0 Å². The lowest BCUT2D eigenvalue weighted by Crippen LogP contribution is -2.30. The lowest BCUT2D eigenvalue weighted by molar-refractivity contribution is -0.120. The average molecular weight is 214 g/mol. The fraction of sp³-hybridized carbons (Fsp3) is 0.385.